The lowest BCUT2D eigenvalue weighted by atomic mass is 9.94. The second-order valence-corrected chi connectivity index (χ2v) is 5.29. The maximum absolute atomic E-state index is 12.0. The molecule has 0 fully saturated rings. The summed E-state index contributed by atoms with van der Waals surface area (Å²) in [5.41, 5.74) is 8.19. The molecule has 0 saturated heterocycles. The lowest BCUT2D eigenvalue weighted by Crippen LogP contribution is -2.23. The number of amides is 1. The van der Waals surface area contributed by atoms with Crippen molar-refractivity contribution in [3.63, 3.8) is 0 Å². The van der Waals surface area contributed by atoms with Crippen molar-refractivity contribution in [2.24, 2.45) is 17.6 Å². The van der Waals surface area contributed by atoms with Crippen LogP contribution in [0.2, 0.25) is 0 Å². The second-order valence-electron chi connectivity index (χ2n) is 5.29. The lowest BCUT2D eigenvalue weighted by molar-refractivity contribution is -0.117. The van der Waals surface area contributed by atoms with Crippen LogP contribution >= 0.6 is 0 Å². The number of nitrogens with zero attached hydrogens (tertiary/aromatic N) is 1. The summed E-state index contributed by atoms with van der Waals surface area (Å²) < 4.78 is 0. The molecule has 4 N–H and O–H groups in total. The van der Waals surface area contributed by atoms with Crippen LogP contribution < -0.4 is 11.1 Å². The van der Waals surface area contributed by atoms with Gasteiger partial charge in [0.25, 0.3) is 0 Å². The summed E-state index contributed by atoms with van der Waals surface area (Å²) >= 11 is 0. The Morgan fingerprint density at radius 3 is 2.56 bits per heavy atom. The monoisotopic (exact) mass is 252 g/mol. The van der Waals surface area contributed by atoms with E-state index in [1.165, 1.54) is 0 Å². The molecule has 5 nitrogen and oxygen atoms in total. The highest BCUT2D eigenvalue weighted by molar-refractivity contribution is 5.92. The smallest absolute Gasteiger partial charge is 0.224 e. The van der Waals surface area contributed by atoms with Gasteiger partial charge >= 0.3 is 0 Å². The molecule has 0 aliphatic rings. The molecule has 102 valence electrons. The summed E-state index contributed by atoms with van der Waals surface area (Å²) in [6.07, 6.45) is 1.45. The van der Waals surface area contributed by atoms with Crippen LogP contribution in [0.15, 0.2) is 0 Å². The van der Waals surface area contributed by atoms with Gasteiger partial charge in [-0.2, -0.15) is 5.10 Å². The van der Waals surface area contributed by atoms with E-state index in [0.29, 0.717) is 18.9 Å². The lowest BCUT2D eigenvalue weighted by Gasteiger charge is -2.16. The highest BCUT2D eigenvalue weighted by atomic mass is 16.1. The van der Waals surface area contributed by atoms with E-state index < -0.39 is 0 Å². The second kappa shape index (κ2) is 6.54. The van der Waals surface area contributed by atoms with Gasteiger partial charge in [0.2, 0.25) is 5.91 Å². The van der Waals surface area contributed by atoms with Crippen LogP contribution in [-0.2, 0) is 4.79 Å². The van der Waals surface area contributed by atoms with Gasteiger partial charge in [-0.25, -0.2) is 0 Å². The van der Waals surface area contributed by atoms with Gasteiger partial charge < -0.3 is 11.1 Å². The summed E-state index contributed by atoms with van der Waals surface area (Å²) in [6, 6.07) is 0. The molecule has 0 aromatic carbocycles. The number of nitrogens with two attached hydrogens (primary N) is 1. The molecule has 1 atom stereocenters. The number of carbonyl (C=O) groups is 1. The number of nitrogens with one attached hydrogen (secondary N) is 2. The fourth-order valence-corrected chi connectivity index (χ4v) is 2.12. The van der Waals surface area contributed by atoms with Gasteiger partial charge in [-0.15, -0.1) is 0 Å². The topological polar surface area (TPSA) is 83.8 Å². The summed E-state index contributed by atoms with van der Waals surface area (Å²) in [4.78, 5) is 12.0. The van der Waals surface area contributed by atoms with E-state index in [-0.39, 0.29) is 11.8 Å². The van der Waals surface area contributed by atoms with E-state index >= 15 is 0 Å². The zero-order chi connectivity index (χ0) is 13.7. The van der Waals surface area contributed by atoms with Gasteiger partial charge in [0.05, 0.1) is 17.1 Å². The summed E-state index contributed by atoms with van der Waals surface area (Å²) in [5, 5.41) is 9.81. The molecule has 0 spiro atoms. The third-order valence-corrected chi connectivity index (χ3v) is 3.00. The van der Waals surface area contributed by atoms with Crippen LogP contribution in [0.4, 0.5) is 5.69 Å². The normalized spacial score (nSPS) is 12.8. The molecule has 0 bridgehead atoms. The van der Waals surface area contributed by atoms with Crippen molar-refractivity contribution in [3.8, 4) is 0 Å². The average Bonchev–Trinajstić information content (AvgIpc) is 2.59. The molecular formula is C13H24N4O. The van der Waals surface area contributed by atoms with Crippen molar-refractivity contribution in [3.05, 3.63) is 11.4 Å². The largest absolute Gasteiger partial charge is 0.330 e. The molecule has 1 aromatic heterocycles. The average molecular weight is 252 g/mol. The molecule has 0 radical (unpaired) electrons. The van der Waals surface area contributed by atoms with Crippen LogP contribution in [0.3, 0.4) is 0 Å². The zero-order valence-corrected chi connectivity index (χ0v) is 11.7. The van der Waals surface area contributed by atoms with E-state index in [9.17, 15) is 4.79 Å². The van der Waals surface area contributed by atoms with Crippen molar-refractivity contribution in [1.82, 2.24) is 10.2 Å². The molecule has 0 saturated carbocycles. The maximum atomic E-state index is 12.0. The number of hydrogen-bond acceptors (Lipinski definition) is 3. The Kier molecular flexibility index (Phi) is 5.34. The number of aryl methyl sites for hydroxylation is 2. The summed E-state index contributed by atoms with van der Waals surface area (Å²) in [6.45, 7) is 8.60. The zero-order valence-electron chi connectivity index (χ0n) is 11.7. The van der Waals surface area contributed by atoms with Gasteiger partial charge in [0, 0.05) is 6.42 Å². The molecular weight excluding hydrogens is 228 g/mol. The van der Waals surface area contributed by atoms with Gasteiger partial charge in [-0.05, 0) is 38.6 Å². The Hall–Kier alpha value is -1.36. The minimum atomic E-state index is 0.0127. The third kappa shape index (κ3) is 4.14. The van der Waals surface area contributed by atoms with Crippen molar-refractivity contribution < 1.29 is 4.79 Å². The SMILES string of the molecule is Cc1n[nH]c(C)c1NC(=O)CC(CN)CC(C)C. The van der Waals surface area contributed by atoms with E-state index in [1.54, 1.807) is 0 Å². The Morgan fingerprint density at radius 1 is 1.44 bits per heavy atom. The molecule has 1 rings (SSSR count). The maximum Gasteiger partial charge on any atom is 0.224 e. The minimum absolute atomic E-state index is 0.0127. The number of carbonyl (C=O) groups excluding carboxylic acids is 1. The predicted octanol–water partition coefficient (Wildman–Crippen LogP) is 1.98. The van der Waals surface area contributed by atoms with Crippen LogP contribution in [-0.4, -0.2) is 22.6 Å². The Balaban J connectivity index is 2.55. The van der Waals surface area contributed by atoms with Crippen molar-refractivity contribution >= 4 is 11.6 Å². The van der Waals surface area contributed by atoms with Gasteiger partial charge in [-0.1, -0.05) is 13.8 Å². The fraction of sp³-hybridized carbons (Fsp3) is 0.692. The van der Waals surface area contributed by atoms with Crippen molar-refractivity contribution in [2.45, 2.75) is 40.5 Å². The van der Waals surface area contributed by atoms with Crippen LogP contribution in [0, 0.1) is 25.7 Å². The first kappa shape index (κ1) is 14.7. The fourth-order valence-electron chi connectivity index (χ4n) is 2.12. The van der Waals surface area contributed by atoms with Crippen LogP contribution in [0.5, 0.6) is 0 Å². The van der Waals surface area contributed by atoms with E-state index in [2.05, 4.69) is 29.4 Å². The van der Waals surface area contributed by atoms with Gasteiger partial charge in [0.1, 0.15) is 0 Å². The first-order valence-electron chi connectivity index (χ1n) is 6.45. The quantitative estimate of drug-likeness (QED) is 0.723. The van der Waals surface area contributed by atoms with E-state index in [4.69, 9.17) is 5.73 Å². The number of aromatic nitrogens is 2. The van der Waals surface area contributed by atoms with Gasteiger partial charge in [-0.3, -0.25) is 9.89 Å². The van der Waals surface area contributed by atoms with Crippen molar-refractivity contribution in [2.75, 3.05) is 11.9 Å². The van der Waals surface area contributed by atoms with E-state index in [0.717, 1.165) is 23.5 Å². The van der Waals surface area contributed by atoms with E-state index in [1.807, 2.05) is 13.8 Å². The minimum Gasteiger partial charge on any atom is -0.330 e. The standard InChI is InChI=1S/C13H24N4O/c1-8(2)5-11(7-14)6-12(18)15-13-9(3)16-17-10(13)4/h8,11H,5-7,14H2,1-4H3,(H,15,18)(H,16,17). The number of anilines is 1. The summed E-state index contributed by atoms with van der Waals surface area (Å²) in [7, 11) is 0. The Bertz CT molecular complexity index is 378. The molecule has 0 aliphatic heterocycles. The predicted molar refractivity (Wildman–Crippen MR) is 73.3 cm³/mol. The van der Waals surface area contributed by atoms with Gasteiger partial charge in [0.15, 0.2) is 0 Å². The third-order valence-electron chi connectivity index (χ3n) is 3.00. The first-order chi connectivity index (χ1) is 8.43. The molecule has 1 heterocycles. The number of rotatable bonds is 6. The highest BCUT2D eigenvalue weighted by Gasteiger charge is 2.16. The molecule has 5 heteroatoms. The number of aromatic amines is 1. The number of H-pyrrole nitrogens is 1. The first-order valence-corrected chi connectivity index (χ1v) is 6.45. The number of hydrogen-bond donors (Lipinski definition) is 3. The van der Waals surface area contributed by atoms with Crippen molar-refractivity contribution in [1.29, 1.82) is 0 Å². The summed E-state index contributed by atoms with van der Waals surface area (Å²) in [5.74, 6) is 0.819. The molecule has 1 amide bonds. The molecule has 18 heavy (non-hydrogen) atoms. The molecule has 1 unspecified atom stereocenters. The Morgan fingerprint density at radius 2 is 2.11 bits per heavy atom. The highest BCUT2D eigenvalue weighted by Crippen LogP contribution is 2.19. The molecule has 1 aromatic rings. The van der Waals surface area contributed by atoms with Crippen LogP contribution in [0.1, 0.15) is 38.1 Å². The van der Waals surface area contributed by atoms with Crippen LogP contribution in [0.25, 0.3) is 0 Å². The Labute approximate surface area is 109 Å². The molecule has 0 aliphatic carbocycles.